The third-order valence-corrected chi connectivity index (χ3v) is 4.19. The van der Waals surface area contributed by atoms with Crippen LogP contribution in [-0.2, 0) is 15.8 Å². The number of anilines is 1. The van der Waals surface area contributed by atoms with Gasteiger partial charge in [0.15, 0.2) is 0 Å². The number of aryl methyl sites for hydroxylation is 1. The van der Waals surface area contributed by atoms with Crippen LogP contribution in [-0.4, -0.2) is 19.5 Å². The first-order valence-corrected chi connectivity index (χ1v) is 7.91. The average molecular weight is 305 g/mol. The number of carbonyl (C=O) groups is 1. The van der Waals surface area contributed by atoms with E-state index in [4.69, 9.17) is 5.11 Å². The van der Waals surface area contributed by atoms with E-state index in [1.807, 2.05) is 19.1 Å². The highest BCUT2D eigenvalue weighted by Gasteiger charge is 2.14. The molecule has 0 spiro atoms. The minimum atomic E-state index is -3.60. The Morgan fingerprint density at radius 2 is 1.86 bits per heavy atom. The Labute approximate surface area is 123 Å². The molecule has 0 aliphatic carbocycles. The van der Waals surface area contributed by atoms with Crippen molar-refractivity contribution in [2.24, 2.45) is 0 Å². The Kier molecular flexibility index (Phi) is 4.28. The lowest BCUT2D eigenvalue weighted by atomic mass is 10.1. The van der Waals surface area contributed by atoms with E-state index in [1.54, 1.807) is 18.2 Å². The molecule has 0 fully saturated rings. The van der Waals surface area contributed by atoms with Gasteiger partial charge < -0.3 is 5.11 Å². The Bertz CT molecular complexity index is 769. The molecule has 0 aliphatic rings. The quantitative estimate of drug-likeness (QED) is 0.889. The van der Waals surface area contributed by atoms with Gasteiger partial charge in [-0.1, -0.05) is 30.3 Å². The minimum Gasteiger partial charge on any atom is -0.478 e. The summed E-state index contributed by atoms with van der Waals surface area (Å²) in [6.07, 6.45) is 0. The number of para-hydroxylation sites is 1. The third kappa shape index (κ3) is 4.06. The fourth-order valence-electron chi connectivity index (χ4n) is 1.90. The standard InChI is InChI=1S/C15H15NO4S/c1-11-5-2-3-8-14(11)16-21(19,20)10-12-6-4-7-13(9-12)15(17)18/h2-9,16H,10H2,1H3,(H,17,18). The lowest BCUT2D eigenvalue weighted by molar-refractivity contribution is 0.0696. The van der Waals surface area contributed by atoms with Gasteiger partial charge >= 0.3 is 5.97 Å². The average Bonchev–Trinajstić information content (AvgIpc) is 2.41. The van der Waals surface area contributed by atoms with Crippen molar-refractivity contribution in [2.45, 2.75) is 12.7 Å². The lowest BCUT2D eigenvalue weighted by Crippen LogP contribution is -2.16. The van der Waals surface area contributed by atoms with Gasteiger partial charge in [0, 0.05) is 0 Å². The summed E-state index contributed by atoms with van der Waals surface area (Å²) in [7, 11) is -3.60. The highest BCUT2D eigenvalue weighted by Crippen LogP contribution is 2.17. The van der Waals surface area contributed by atoms with Crippen molar-refractivity contribution in [3.8, 4) is 0 Å². The minimum absolute atomic E-state index is 0.0681. The molecule has 0 aliphatic heterocycles. The van der Waals surface area contributed by atoms with Gasteiger partial charge in [-0.25, -0.2) is 13.2 Å². The zero-order chi connectivity index (χ0) is 15.5. The second-order valence-corrected chi connectivity index (χ2v) is 6.40. The van der Waals surface area contributed by atoms with Crippen LogP contribution in [0.4, 0.5) is 5.69 Å². The Morgan fingerprint density at radius 1 is 1.14 bits per heavy atom. The summed E-state index contributed by atoms with van der Waals surface area (Å²) in [4.78, 5) is 10.9. The number of carboxylic acids is 1. The fraction of sp³-hybridized carbons (Fsp3) is 0.133. The second kappa shape index (κ2) is 5.97. The van der Waals surface area contributed by atoms with Crippen LogP contribution in [0.5, 0.6) is 0 Å². The molecule has 2 aromatic rings. The zero-order valence-electron chi connectivity index (χ0n) is 11.4. The third-order valence-electron chi connectivity index (χ3n) is 2.94. The summed E-state index contributed by atoms with van der Waals surface area (Å²) < 4.78 is 26.8. The maximum Gasteiger partial charge on any atom is 0.335 e. The van der Waals surface area contributed by atoms with Gasteiger partial charge in [0.1, 0.15) is 0 Å². The molecule has 2 aromatic carbocycles. The van der Waals surface area contributed by atoms with Gasteiger partial charge in [0.2, 0.25) is 10.0 Å². The van der Waals surface area contributed by atoms with E-state index in [2.05, 4.69) is 4.72 Å². The van der Waals surface area contributed by atoms with Gasteiger partial charge in [-0.15, -0.1) is 0 Å². The molecule has 0 heterocycles. The van der Waals surface area contributed by atoms with Crippen LogP contribution in [0.25, 0.3) is 0 Å². The molecule has 0 radical (unpaired) electrons. The predicted molar refractivity (Wildman–Crippen MR) is 80.8 cm³/mol. The summed E-state index contributed by atoms with van der Waals surface area (Å²) in [5.41, 5.74) is 1.84. The molecular formula is C15H15NO4S. The summed E-state index contributed by atoms with van der Waals surface area (Å²) in [6.45, 7) is 1.81. The number of sulfonamides is 1. The van der Waals surface area contributed by atoms with Crippen molar-refractivity contribution in [2.75, 3.05) is 4.72 Å². The van der Waals surface area contributed by atoms with Crippen LogP contribution in [0, 0.1) is 6.92 Å². The maximum absolute atomic E-state index is 12.1. The molecule has 2 N–H and O–H groups in total. The smallest absolute Gasteiger partial charge is 0.335 e. The number of hydrogen-bond acceptors (Lipinski definition) is 3. The van der Waals surface area contributed by atoms with Crippen molar-refractivity contribution in [3.05, 3.63) is 65.2 Å². The van der Waals surface area contributed by atoms with Crippen molar-refractivity contribution in [1.82, 2.24) is 0 Å². The first-order chi connectivity index (χ1) is 9.87. The lowest BCUT2D eigenvalue weighted by Gasteiger charge is -2.10. The number of hydrogen-bond donors (Lipinski definition) is 2. The normalized spacial score (nSPS) is 11.1. The van der Waals surface area contributed by atoms with E-state index in [0.717, 1.165) is 5.56 Å². The number of nitrogens with one attached hydrogen (secondary N) is 1. The Morgan fingerprint density at radius 3 is 2.52 bits per heavy atom. The van der Waals surface area contributed by atoms with Crippen LogP contribution in [0.3, 0.4) is 0 Å². The van der Waals surface area contributed by atoms with Gasteiger partial charge in [0.25, 0.3) is 0 Å². The van der Waals surface area contributed by atoms with E-state index in [-0.39, 0.29) is 11.3 Å². The van der Waals surface area contributed by atoms with Crippen LogP contribution in [0.2, 0.25) is 0 Å². The SMILES string of the molecule is Cc1ccccc1NS(=O)(=O)Cc1cccc(C(=O)O)c1. The molecule has 5 nitrogen and oxygen atoms in total. The van der Waals surface area contributed by atoms with Gasteiger partial charge in [-0.3, -0.25) is 4.72 Å². The molecule has 21 heavy (non-hydrogen) atoms. The van der Waals surface area contributed by atoms with Crippen LogP contribution in [0.15, 0.2) is 48.5 Å². The molecule has 0 bridgehead atoms. The Hall–Kier alpha value is -2.34. The van der Waals surface area contributed by atoms with Crippen molar-refractivity contribution in [3.63, 3.8) is 0 Å². The van der Waals surface area contributed by atoms with E-state index in [1.165, 1.54) is 18.2 Å². The van der Waals surface area contributed by atoms with Crippen LogP contribution in [0.1, 0.15) is 21.5 Å². The van der Waals surface area contributed by atoms with Crippen LogP contribution >= 0.6 is 0 Å². The van der Waals surface area contributed by atoms with E-state index in [9.17, 15) is 13.2 Å². The van der Waals surface area contributed by atoms with Crippen molar-refractivity contribution >= 4 is 21.7 Å². The maximum atomic E-state index is 12.1. The summed E-state index contributed by atoms with van der Waals surface area (Å²) in [5.74, 6) is -1.36. The molecule has 0 saturated heterocycles. The predicted octanol–water partition coefficient (Wildman–Crippen LogP) is 2.64. The number of carboxylic acid groups (broad SMARTS) is 1. The number of benzene rings is 2. The molecule has 0 unspecified atom stereocenters. The molecule has 0 atom stereocenters. The summed E-state index contributed by atoms with van der Waals surface area (Å²) in [5, 5.41) is 8.91. The van der Waals surface area contributed by atoms with Gasteiger partial charge in [-0.05, 0) is 36.2 Å². The van der Waals surface area contributed by atoms with Crippen molar-refractivity contribution in [1.29, 1.82) is 0 Å². The summed E-state index contributed by atoms with van der Waals surface area (Å²) in [6, 6.07) is 13.0. The molecule has 110 valence electrons. The Balaban J connectivity index is 2.20. The van der Waals surface area contributed by atoms with Gasteiger partial charge in [0.05, 0.1) is 17.0 Å². The largest absolute Gasteiger partial charge is 0.478 e. The topological polar surface area (TPSA) is 83.5 Å². The van der Waals surface area contributed by atoms with E-state index < -0.39 is 16.0 Å². The van der Waals surface area contributed by atoms with E-state index in [0.29, 0.717) is 11.3 Å². The second-order valence-electron chi connectivity index (χ2n) is 4.68. The van der Waals surface area contributed by atoms with E-state index >= 15 is 0 Å². The van der Waals surface area contributed by atoms with Gasteiger partial charge in [-0.2, -0.15) is 0 Å². The first kappa shape index (κ1) is 15.1. The van der Waals surface area contributed by atoms with Crippen LogP contribution < -0.4 is 4.72 Å². The molecule has 0 saturated carbocycles. The van der Waals surface area contributed by atoms with Crippen molar-refractivity contribution < 1.29 is 18.3 Å². The monoisotopic (exact) mass is 305 g/mol. The summed E-state index contributed by atoms with van der Waals surface area (Å²) >= 11 is 0. The molecule has 2 rings (SSSR count). The molecule has 0 aromatic heterocycles. The number of rotatable bonds is 5. The first-order valence-electron chi connectivity index (χ1n) is 6.26. The highest BCUT2D eigenvalue weighted by molar-refractivity contribution is 7.91. The molecular weight excluding hydrogens is 290 g/mol. The molecule has 0 amide bonds. The zero-order valence-corrected chi connectivity index (χ0v) is 12.2. The number of aromatic carboxylic acids is 1. The highest BCUT2D eigenvalue weighted by atomic mass is 32.2. The molecule has 6 heteroatoms. The fourth-order valence-corrected chi connectivity index (χ4v) is 3.16.